The molecule has 1 aromatic rings. The second-order valence-electron chi connectivity index (χ2n) is 8.91. The fourth-order valence-electron chi connectivity index (χ4n) is 3.26. The zero-order valence-electron chi connectivity index (χ0n) is 18.4. The maximum atomic E-state index is 12.6. The zero-order valence-corrected chi connectivity index (χ0v) is 19.2. The van der Waals surface area contributed by atoms with Crippen molar-refractivity contribution in [2.45, 2.75) is 46.1 Å². The van der Waals surface area contributed by atoms with E-state index < -0.39 is 6.04 Å². The molecule has 3 N–H and O–H groups in total. The third kappa shape index (κ3) is 7.96. The van der Waals surface area contributed by atoms with E-state index in [2.05, 4.69) is 41.6 Å². The molecule has 0 aromatic heterocycles. The summed E-state index contributed by atoms with van der Waals surface area (Å²) in [5.41, 5.74) is 1.79. The molecule has 2 amide bonds. The summed E-state index contributed by atoms with van der Waals surface area (Å²) in [6.07, 6.45) is 0. The standard InChI is InChI=1S/C22H36N4O2.ClH/c1-16(2)19(21(28)24-12-15-26-13-10-23-11-14-26)25-20(27)17-6-8-18(9-7-17)22(3,4)5;/h6-9,16,19,23H,10-15H2,1-5H3,(H,24,28)(H,25,27);1H. The molecule has 0 aliphatic carbocycles. The summed E-state index contributed by atoms with van der Waals surface area (Å²) in [5.74, 6) is -0.321. The highest BCUT2D eigenvalue weighted by Gasteiger charge is 2.25. The van der Waals surface area contributed by atoms with Crippen LogP contribution in [-0.4, -0.2) is 62.0 Å². The summed E-state index contributed by atoms with van der Waals surface area (Å²) in [6, 6.07) is 7.07. The van der Waals surface area contributed by atoms with Crippen LogP contribution in [0.3, 0.4) is 0 Å². The summed E-state index contributed by atoms with van der Waals surface area (Å²) in [6.45, 7) is 15.7. The molecule has 1 heterocycles. The summed E-state index contributed by atoms with van der Waals surface area (Å²) in [7, 11) is 0. The van der Waals surface area contributed by atoms with Crippen LogP contribution in [0.4, 0.5) is 0 Å². The molecule has 1 unspecified atom stereocenters. The predicted molar refractivity (Wildman–Crippen MR) is 121 cm³/mol. The average molecular weight is 425 g/mol. The lowest BCUT2D eigenvalue weighted by Crippen LogP contribution is -2.52. The van der Waals surface area contributed by atoms with Crippen LogP contribution in [0.1, 0.15) is 50.5 Å². The number of amides is 2. The van der Waals surface area contributed by atoms with Crippen LogP contribution in [0.25, 0.3) is 0 Å². The van der Waals surface area contributed by atoms with Gasteiger partial charge in [0.05, 0.1) is 0 Å². The van der Waals surface area contributed by atoms with Gasteiger partial charge in [-0.3, -0.25) is 14.5 Å². The molecule has 2 rings (SSSR count). The largest absolute Gasteiger partial charge is 0.353 e. The smallest absolute Gasteiger partial charge is 0.251 e. The molecule has 164 valence electrons. The molecule has 7 heteroatoms. The Hall–Kier alpha value is -1.63. The van der Waals surface area contributed by atoms with Crippen molar-refractivity contribution in [3.05, 3.63) is 35.4 Å². The summed E-state index contributed by atoms with van der Waals surface area (Å²) < 4.78 is 0. The van der Waals surface area contributed by atoms with Gasteiger partial charge in [-0.15, -0.1) is 12.4 Å². The van der Waals surface area contributed by atoms with E-state index in [1.165, 1.54) is 5.56 Å². The fourth-order valence-corrected chi connectivity index (χ4v) is 3.26. The Balaban J connectivity index is 0.00000420. The van der Waals surface area contributed by atoms with Crippen molar-refractivity contribution in [3.8, 4) is 0 Å². The highest BCUT2D eigenvalue weighted by Crippen LogP contribution is 2.22. The first-order chi connectivity index (χ1) is 13.2. The molecule has 1 aromatic carbocycles. The highest BCUT2D eigenvalue weighted by atomic mass is 35.5. The Kier molecular flexibility index (Phi) is 10.1. The van der Waals surface area contributed by atoms with Gasteiger partial charge in [0.2, 0.25) is 5.91 Å². The van der Waals surface area contributed by atoms with Crippen LogP contribution in [-0.2, 0) is 10.2 Å². The Bertz CT molecular complexity index is 650. The first-order valence-electron chi connectivity index (χ1n) is 10.3. The highest BCUT2D eigenvalue weighted by molar-refractivity contribution is 5.97. The van der Waals surface area contributed by atoms with Gasteiger partial charge in [0.25, 0.3) is 5.91 Å². The Morgan fingerprint density at radius 1 is 1.10 bits per heavy atom. The van der Waals surface area contributed by atoms with E-state index in [4.69, 9.17) is 0 Å². The van der Waals surface area contributed by atoms with Crippen molar-refractivity contribution in [1.82, 2.24) is 20.9 Å². The van der Waals surface area contributed by atoms with Gasteiger partial charge in [0, 0.05) is 44.8 Å². The van der Waals surface area contributed by atoms with E-state index >= 15 is 0 Å². The second-order valence-corrected chi connectivity index (χ2v) is 8.91. The first-order valence-corrected chi connectivity index (χ1v) is 10.3. The van der Waals surface area contributed by atoms with Gasteiger partial charge in [-0.2, -0.15) is 0 Å². The number of benzene rings is 1. The maximum absolute atomic E-state index is 12.6. The number of hydrogen-bond donors (Lipinski definition) is 3. The molecule has 1 aliphatic rings. The van der Waals surface area contributed by atoms with E-state index in [1.807, 2.05) is 38.1 Å². The molecule has 1 atom stereocenters. The number of halogens is 1. The minimum atomic E-state index is -0.544. The zero-order chi connectivity index (χ0) is 20.7. The lowest BCUT2D eigenvalue weighted by atomic mass is 9.86. The number of nitrogens with zero attached hydrogens (tertiary/aromatic N) is 1. The Labute approximate surface area is 181 Å². The first kappa shape index (κ1) is 25.4. The minimum absolute atomic E-state index is 0. The normalized spacial score (nSPS) is 16.1. The molecule has 0 radical (unpaired) electrons. The molecule has 6 nitrogen and oxygen atoms in total. The van der Waals surface area contributed by atoms with Crippen molar-refractivity contribution in [3.63, 3.8) is 0 Å². The summed E-state index contributed by atoms with van der Waals surface area (Å²) >= 11 is 0. The van der Waals surface area contributed by atoms with Crippen LogP contribution >= 0.6 is 12.4 Å². The van der Waals surface area contributed by atoms with Crippen LogP contribution in [0.5, 0.6) is 0 Å². The van der Waals surface area contributed by atoms with Gasteiger partial charge in [-0.25, -0.2) is 0 Å². The number of hydrogen-bond acceptors (Lipinski definition) is 4. The minimum Gasteiger partial charge on any atom is -0.353 e. The monoisotopic (exact) mass is 424 g/mol. The van der Waals surface area contributed by atoms with Crippen LogP contribution in [0.2, 0.25) is 0 Å². The van der Waals surface area contributed by atoms with E-state index in [0.29, 0.717) is 12.1 Å². The topological polar surface area (TPSA) is 73.5 Å². The van der Waals surface area contributed by atoms with Crippen molar-refractivity contribution in [1.29, 1.82) is 0 Å². The van der Waals surface area contributed by atoms with Gasteiger partial charge >= 0.3 is 0 Å². The molecule has 0 saturated carbocycles. The van der Waals surface area contributed by atoms with Crippen molar-refractivity contribution < 1.29 is 9.59 Å². The third-order valence-electron chi connectivity index (χ3n) is 5.19. The van der Waals surface area contributed by atoms with E-state index in [1.54, 1.807) is 0 Å². The van der Waals surface area contributed by atoms with Gasteiger partial charge in [-0.1, -0.05) is 46.8 Å². The van der Waals surface area contributed by atoms with Gasteiger partial charge < -0.3 is 16.0 Å². The third-order valence-corrected chi connectivity index (χ3v) is 5.19. The molecular weight excluding hydrogens is 388 g/mol. The van der Waals surface area contributed by atoms with Crippen LogP contribution in [0.15, 0.2) is 24.3 Å². The van der Waals surface area contributed by atoms with Gasteiger partial charge in [-0.05, 0) is 29.0 Å². The average Bonchev–Trinajstić information content (AvgIpc) is 2.65. The molecular formula is C22H37ClN4O2. The number of carbonyl (C=O) groups is 2. The number of rotatable bonds is 7. The van der Waals surface area contributed by atoms with E-state index in [9.17, 15) is 9.59 Å². The molecule has 1 saturated heterocycles. The van der Waals surface area contributed by atoms with Crippen LogP contribution < -0.4 is 16.0 Å². The number of piperazine rings is 1. The number of carbonyl (C=O) groups excluding carboxylic acids is 2. The van der Waals surface area contributed by atoms with Gasteiger partial charge in [0.1, 0.15) is 6.04 Å². The summed E-state index contributed by atoms with van der Waals surface area (Å²) in [4.78, 5) is 27.6. The number of nitrogens with one attached hydrogen (secondary N) is 3. The fraction of sp³-hybridized carbons (Fsp3) is 0.636. The molecule has 1 fully saturated rings. The second kappa shape index (κ2) is 11.5. The predicted octanol–water partition coefficient (Wildman–Crippen LogP) is 2.18. The quantitative estimate of drug-likeness (QED) is 0.627. The van der Waals surface area contributed by atoms with Crippen molar-refractivity contribution in [2.24, 2.45) is 5.92 Å². The van der Waals surface area contributed by atoms with E-state index in [-0.39, 0.29) is 35.6 Å². The van der Waals surface area contributed by atoms with Crippen molar-refractivity contribution in [2.75, 3.05) is 39.3 Å². The molecule has 29 heavy (non-hydrogen) atoms. The molecule has 1 aliphatic heterocycles. The lowest BCUT2D eigenvalue weighted by molar-refractivity contribution is -0.124. The SMILES string of the molecule is CC(C)C(NC(=O)c1ccc(C(C)(C)C)cc1)C(=O)NCCN1CCNCC1.Cl. The lowest BCUT2D eigenvalue weighted by Gasteiger charge is -2.28. The van der Waals surface area contributed by atoms with Crippen LogP contribution in [0, 0.1) is 5.92 Å². The van der Waals surface area contributed by atoms with Crippen molar-refractivity contribution >= 4 is 24.2 Å². The maximum Gasteiger partial charge on any atom is 0.251 e. The van der Waals surface area contributed by atoms with Gasteiger partial charge in [0.15, 0.2) is 0 Å². The van der Waals surface area contributed by atoms with E-state index in [0.717, 1.165) is 32.7 Å². The molecule has 0 bridgehead atoms. The summed E-state index contributed by atoms with van der Waals surface area (Å²) in [5, 5.41) is 9.21. The Morgan fingerprint density at radius 3 is 2.21 bits per heavy atom. The Morgan fingerprint density at radius 2 is 1.69 bits per heavy atom. The molecule has 0 spiro atoms.